The summed E-state index contributed by atoms with van der Waals surface area (Å²) < 4.78 is 0. The molecule has 0 atom stereocenters. The Hall–Kier alpha value is -2.37. The zero-order valence-electron chi connectivity index (χ0n) is 15.4. The molecule has 2 aromatic rings. The first-order valence-corrected chi connectivity index (χ1v) is 9.59. The van der Waals surface area contributed by atoms with Crippen molar-refractivity contribution in [2.75, 3.05) is 18.4 Å². The minimum Gasteiger partial charge on any atom is -0.369 e. The molecule has 142 valence electrons. The highest BCUT2D eigenvalue weighted by atomic mass is 35.5. The number of aryl methyl sites for hydroxylation is 1. The van der Waals surface area contributed by atoms with Crippen LogP contribution in [0.2, 0.25) is 5.02 Å². The van der Waals surface area contributed by atoms with Gasteiger partial charge in [-0.1, -0.05) is 23.7 Å². The van der Waals surface area contributed by atoms with Crippen LogP contribution in [0.4, 0.5) is 5.69 Å². The van der Waals surface area contributed by atoms with Gasteiger partial charge in [-0.05, 0) is 42.8 Å². The summed E-state index contributed by atoms with van der Waals surface area (Å²) in [7, 11) is 0. The van der Waals surface area contributed by atoms with Crippen molar-refractivity contribution in [1.29, 1.82) is 0 Å². The lowest BCUT2D eigenvalue weighted by molar-refractivity contribution is -0.919. The number of hydrogen-bond donors (Lipinski definition) is 3. The lowest BCUT2D eigenvalue weighted by Gasteiger charge is -2.27. The first-order valence-electron chi connectivity index (χ1n) is 9.21. The van der Waals surface area contributed by atoms with Gasteiger partial charge >= 0.3 is 0 Å². The maximum absolute atomic E-state index is 12.4. The van der Waals surface area contributed by atoms with E-state index in [1.807, 2.05) is 37.3 Å². The molecule has 1 aliphatic rings. The third-order valence-electron chi connectivity index (χ3n) is 5.18. The van der Waals surface area contributed by atoms with Crippen molar-refractivity contribution in [3.8, 4) is 0 Å². The molecule has 1 aliphatic heterocycles. The van der Waals surface area contributed by atoms with E-state index in [1.54, 1.807) is 12.1 Å². The molecule has 27 heavy (non-hydrogen) atoms. The van der Waals surface area contributed by atoms with Gasteiger partial charge in [0, 0.05) is 40.6 Å². The number of amides is 2. The zero-order valence-corrected chi connectivity index (χ0v) is 16.2. The number of anilines is 1. The van der Waals surface area contributed by atoms with Gasteiger partial charge in [-0.15, -0.1) is 0 Å². The molecule has 4 N–H and O–H groups in total. The summed E-state index contributed by atoms with van der Waals surface area (Å²) in [5.74, 6) is -0.297. The Morgan fingerprint density at radius 1 is 1.15 bits per heavy atom. The summed E-state index contributed by atoms with van der Waals surface area (Å²) >= 11 is 6.02. The molecular formula is C21H25ClN3O2+. The molecular weight excluding hydrogens is 362 g/mol. The van der Waals surface area contributed by atoms with Crippen molar-refractivity contribution in [1.82, 2.24) is 0 Å². The number of primary amides is 1. The maximum Gasteiger partial charge on any atom is 0.255 e. The predicted octanol–water partition coefficient (Wildman–Crippen LogP) is 2.18. The zero-order chi connectivity index (χ0) is 19.4. The minimum atomic E-state index is -0.180. The molecule has 0 bridgehead atoms. The fourth-order valence-corrected chi connectivity index (χ4v) is 3.59. The Kier molecular flexibility index (Phi) is 6.14. The second kappa shape index (κ2) is 8.55. The van der Waals surface area contributed by atoms with Crippen LogP contribution in [0.1, 0.15) is 34.3 Å². The standard InChI is InChI=1S/C21H24ClN3O2/c1-14-12-18(6-7-19(14)22)24-21(27)17-4-2-15(3-5-17)13-25-10-8-16(9-11-25)20(23)26/h2-7,12,16H,8-11,13H2,1H3,(H2,23,26)(H,24,27)/p+1. The highest BCUT2D eigenvalue weighted by Crippen LogP contribution is 2.20. The smallest absolute Gasteiger partial charge is 0.255 e. The number of carbonyl (C=O) groups excluding carboxylic acids is 2. The van der Waals surface area contributed by atoms with Crippen LogP contribution in [0.25, 0.3) is 0 Å². The number of piperidine rings is 1. The van der Waals surface area contributed by atoms with Gasteiger partial charge in [0.1, 0.15) is 6.54 Å². The van der Waals surface area contributed by atoms with Crippen LogP contribution in [-0.4, -0.2) is 24.9 Å². The molecule has 0 saturated carbocycles. The Balaban J connectivity index is 1.56. The van der Waals surface area contributed by atoms with Gasteiger partial charge in [-0.25, -0.2) is 0 Å². The number of quaternary nitrogens is 1. The molecule has 2 amide bonds. The third kappa shape index (κ3) is 5.08. The van der Waals surface area contributed by atoms with E-state index < -0.39 is 0 Å². The molecule has 0 aromatic heterocycles. The number of halogens is 1. The average Bonchev–Trinajstić information content (AvgIpc) is 2.66. The Morgan fingerprint density at radius 2 is 1.81 bits per heavy atom. The minimum absolute atomic E-state index is 0.0244. The second-order valence-electron chi connectivity index (χ2n) is 7.22. The van der Waals surface area contributed by atoms with Gasteiger partial charge in [-0.3, -0.25) is 9.59 Å². The summed E-state index contributed by atoms with van der Waals surface area (Å²) in [5, 5.41) is 3.58. The number of likely N-dealkylation sites (tertiary alicyclic amines) is 1. The molecule has 0 unspecified atom stereocenters. The third-order valence-corrected chi connectivity index (χ3v) is 5.61. The molecule has 0 aliphatic carbocycles. The largest absolute Gasteiger partial charge is 0.369 e. The fraction of sp³-hybridized carbons (Fsp3) is 0.333. The summed E-state index contributed by atoms with van der Waals surface area (Å²) in [6.45, 7) is 4.70. The van der Waals surface area contributed by atoms with Gasteiger partial charge in [0.2, 0.25) is 5.91 Å². The van der Waals surface area contributed by atoms with Crippen molar-refractivity contribution >= 4 is 29.1 Å². The maximum atomic E-state index is 12.4. The number of carbonyl (C=O) groups is 2. The van der Waals surface area contributed by atoms with Gasteiger partial charge in [0.25, 0.3) is 5.91 Å². The Labute approximate surface area is 164 Å². The summed E-state index contributed by atoms with van der Waals surface area (Å²) in [6.07, 6.45) is 1.71. The lowest BCUT2D eigenvalue weighted by Crippen LogP contribution is -3.11. The van der Waals surface area contributed by atoms with E-state index in [0.717, 1.165) is 43.7 Å². The molecule has 6 heteroatoms. The van der Waals surface area contributed by atoms with Crippen molar-refractivity contribution in [2.45, 2.75) is 26.3 Å². The van der Waals surface area contributed by atoms with Crippen molar-refractivity contribution in [3.05, 3.63) is 64.2 Å². The first-order chi connectivity index (χ1) is 12.9. The van der Waals surface area contributed by atoms with E-state index in [0.29, 0.717) is 10.6 Å². The summed E-state index contributed by atoms with van der Waals surface area (Å²) in [6, 6.07) is 13.1. The van der Waals surface area contributed by atoms with Gasteiger partial charge in [0.15, 0.2) is 0 Å². The molecule has 1 saturated heterocycles. The second-order valence-corrected chi connectivity index (χ2v) is 7.63. The van der Waals surface area contributed by atoms with E-state index >= 15 is 0 Å². The fourth-order valence-electron chi connectivity index (χ4n) is 3.48. The average molecular weight is 387 g/mol. The number of hydrogen-bond acceptors (Lipinski definition) is 2. The summed E-state index contributed by atoms with van der Waals surface area (Å²) in [5.41, 5.74) is 8.84. The molecule has 5 nitrogen and oxygen atoms in total. The topological polar surface area (TPSA) is 76.6 Å². The van der Waals surface area contributed by atoms with Crippen molar-refractivity contribution < 1.29 is 14.5 Å². The predicted molar refractivity (Wildman–Crippen MR) is 107 cm³/mol. The van der Waals surface area contributed by atoms with Crippen molar-refractivity contribution in [3.63, 3.8) is 0 Å². The number of nitrogens with two attached hydrogens (primary N) is 1. The van der Waals surface area contributed by atoms with E-state index in [9.17, 15) is 9.59 Å². The highest BCUT2D eigenvalue weighted by Gasteiger charge is 2.25. The molecule has 3 rings (SSSR count). The number of nitrogens with one attached hydrogen (secondary N) is 2. The SMILES string of the molecule is Cc1cc(NC(=O)c2ccc(C[NH+]3CCC(C(N)=O)CC3)cc2)ccc1Cl. The molecule has 1 fully saturated rings. The first kappa shape index (κ1) is 19.4. The van der Waals surface area contributed by atoms with E-state index in [4.69, 9.17) is 17.3 Å². The van der Waals surface area contributed by atoms with Gasteiger partial charge < -0.3 is 16.0 Å². The van der Waals surface area contributed by atoms with Crippen LogP contribution >= 0.6 is 11.6 Å². The Bertz CT molecular complexity index is 828. The molecule has 0 radical (unpaired) electrons. The number of rotatable bonds is 5. The van der Waals surface area contributed by atoms with E-state index in [2.05, 4.69) is 5.32 Å². The van der Waals surface area contributed by atoms with Crippen LogP contribution < -0.4 is 16.0 Å². The quantitative estimate of drug-likeness (QED) is 0.736. The number of benzene rings is 2. The van der Waals surface area contributed by atoms with Crippen LogP contribution in [0.5, 0.6) is 0 Å². The van der Waals surface area contributed by atoms with Crippen LogP contribution in [0.15, 0.2) is 42.5 Å². The molecule has 2 aromatic carbocycles. The monoisotopic (exact) mass is 386 g/mol. The van der Waals surface area contributed by atoms with Gasteiger partial charge in [-0.2, -0.15) is 0 Å². The van der Waals surface area contributed by atoms with E-state index in [-0.39, 0.29) is 17.7 Å². The molecule has 1 heterocycles. The van der Waals surface area contributed by atoms with E-state index in [1.165, 1.54) is 10.5 Å². The van der Waals surface area contributed by atoms with Crippen LogP contribution in [0.3, 0.4) is 0 Å². The van der Waals surface area contributed by atoms with Crippen LogP contribution in [0, 0.1) is 12.8 Å². The van der Waals surface area contributed by atoms with Crippen LogP contribution in [-0.2, 0) is 11.3 Å². The normalized spacial score (nSPS) is 19.5. The van der Waals surface area contributed by atoms with Gasteiger partial charge in [0.05, 0.1) is 13.1 Å². The lowest BCUT2D eigenvalue weighted by atomic mass is 9.96. The highest BCUT2D eigenvalue weighted by molar-refractivity contribution is 6.31. The van der Waals surface area contributed by atoms with Crippen molar-refractivity contribution in [2.24, 2.45) is 11.7 Å². The Morgan fingerprint density at radius 3 is 2.41 bits per heavy atom. The molecule has 0 spiro atoms. The summed E-state index contributed by atoms with van der Waals surface area (Å²) in [4.78, 5) is 25.1.